The fraction of sp³-hybridized carbons (Fsp3) is 0.136. The highest BCUT2D eigenvalue weighted by Gasteiger charge is 2.25. The van der Waals surface area contributed by atoms with Crippen molar-refractivity contribution in [2.45, 2.75) is 19.1 Å². The molecule has 2 unspecified atom stereocenters. The predicted octanol–water partition coefficient (Wildman–Crippen LogP) is 4.30. The number of hydrogen-bond donors (Lipinski definition) is 2. The van der Waals surface area contributed by atoms with Crippen molar-refractivity contribution in [2.75, 3.05) is 5.32 Å². The summed E-state index contributed by atoms with van der Waals surface area (Å²) in [6.45, 7) is 1.66. The molecule has 0 aliphatic carbocycles. The van der Waals surface area contributed by atoms with Gasteiger partial charge < -0.3 is 14.8 Å². The van der Waals surface area contributed by atoms with Gasteiger partial charge >= 0.3 is 0 Å². The monoisotopic (exact) mass is 370 g/mol. The smallest absolute Gasteiger partial charge is 0.247 e. The highest BCUT2D eigenvalue weighted by atomic mass is 16.4. The Hall–Kier alpha value is -3.69. The molecule has 0 saturated heterocycles. The van der Waals surface area contributed by atoms with E-state index in [1.54, 1.807) is 13.0 Å². The average Bonchev–Trinajstić information content (AvgIpc) is 3.22. The van der Waals surface area contributed by atoms with E-state index in [1.165, 1.54) is 0 Å². The van der Waals surface area contributed by atoms with E-state index >= 15 is 0 Å². The Morgan fingerprint density at radius 2 is 1.68 bits per heavy atom. The van der Waals surface area contributed by atoms with E-state index in [-0.39, 0.29) is 0 Å². The Balaban J connectivity index is 1.71. The minimum Gasteiger partial charge on any atom is -0.418 e. The Morgan fingerprint density at radius 1 is 0.964 bits per heavy atom. The van der Waals surface area contributed by atoms with Crippen LogP contribution in [0.1, 0.15) is 24.4 Å². The lowest BCUT2D eigenvalue weighted by Crippen LogP contribution is -2.23. The van der Waals surface area contributed by atoms with E-state index in [0.29, 0.717) is 17.3 Å². The van der Waals surface area contributed by atoms with Gasteiger partial charge in [0, 0.05) is 22.0 Å². The number of anilines is 1. The average molecular weight is 370 g/mol. The molecule has 1 aromatic heterocycles. The van der Waals surface area contributed by atoms with Crippen molar-refractivity contribution < 1.29 is 9.52 Å². The lowest BCUT2D eigenvalue weighted by molar-refractivity contribution is 0.160. The van der Waals surface area contributed by atoms with Crippen LogP contribution >= 0.6 is 0 Å². The van der Waals surface area contributed by atoms with Crippen LogP contribution in [0.3, 0.4) is 0 Å². The number of aromatic nitrogens is 2. The number of nitrogens with zero attached hydrogens (tertiary/aromatic N) is 3. The highest BCUT2D eigenvalue weighted by molar-refractivity contribution is 5.97. The number of aliphatic hydroxyl groups is 1. The maximum Gasteiger partial charge on any atom is 0.247 e. The predicted molar refractivity (Wildman–Crippen MR) is 106 cm³/mol. The first-order chi connectivity index (χ1) is 13.7. The lowest BCUT2D eigenvalue weighted by atomic mass is 10.0. The van der Waals surface area contributed by atoms with Crippen LogP contribution in [0, 0.1) is 11.3 Å². The zero-order valence-electron chi connectivity index (χ0n) is 15.2. The zero-order valence-corrected chi connectivity index (χ0v) is 15.2. The summed E-state index contributed by atoms with van der Waals surface area (Å²) in [5, 5.41) is 32.9. The third-order valence-corrected chi connectivity index (χ3v) is 4.57. The first-order valence-corrected chi connectivity index (χ1v) is 8.92. The molecule has 0 bridgehead atoms. The Labute approximate surface area is 162 Å². The zero-order chi connectivity index (χ0) is 19.5. The summed E-state index contributed by atoms with van der Waals surface area (Å²) in [6, 6.07) is 22.3. The van der Waals surface area contributed by atoms with Crippen molar-refractivity contribution in [3.8, 4) is 17.5 Å². The maximum atomic E-state index is 10.3. The van der Waals surface area contributed by atoms with E-state index in [9.17, 15) is 10.4 Å². The molecule has 0 spiro atoms. The van der Waals surface area contributed by atoms with Crippen LogP contribution in [-0.2, 0) is 0 Å². The molecule has 0 amide bonds. The first-order valence-electron chi connectivity index (χ1n) is 8.92. The number of benzene rings is 3. The number of rotatable bonds is 5. The van der Waals surface area contributed by atoms with Gasteiger partial charge in [0.05, 0.1) is 17.7 Å². The van der Waals surface area contributed by atoms with Crippen LogP contribution in [-0.4, -0.2) is 21.4 Å². The number of nitrogens with one attached hydrogen (secondary N) is 1. The SMILES string of the molecule is CC(O)C(Nc1ccc(C#N)c2ccccc12)c1nnc(-c2ccccc2)o1. The van der Waals surface area contributed by atoms with Crippen LogP contribution in [0.5, 0.6) is 0 Å². The van der Waals surface area contributed by atoms with Gasteiger partial charge in [-0.15, -0.1) is 10.2 Å². The van der Waals surface area contributed by atoms with Crippen molar-refractivity contribution in [1.29, 1.82) is 5.26 Å². The summed E-state index contributed by atoms with van der Waals surface area (Å²) in [7, 11) is 0. The maximum absolute atomic E-state index is 10.3. The number of hydrogen-bond acceptors (Lipinski definition) is 6. The molecule has 6 nitrogen and oxygen atoms in total. The number of aliphatic hydroxyl groups excluding tert-OH is 1. The second-order valence-electron chi connectivity index (χ2n) is 6.49. The third-order valence-electron chi connectivity index (χ3n) is 4.57. The van der Waals surface area contributed by atoms with Gasteiger partial charge in [0.1, 0.15) is 6.04 Å². The van der Waals surface area contributed by atoms with Crippen LogP contribution < -0.4 is 5.32 Å². The number of nitriles is 1. The molecular formula is C22H18N4O2. The minimum absolute atomic E-state index is 0.294. The van der Waals surface area contributed by atoms with Crippen molar-refractivity contribution in [3.05, 3.63) is 78.2 Å². The molecule has 0 aliphatic heterocycles. The first kappa shape index (κ1) is 17.7. The molecule has 0 radical (unpaired) electrons. The minimum atomic E-state index is -0.779. The molecule has 138 valence electrons. The van der Waals surface area contributed by atoms with Crippen LogP contribution in [0.25, 0.3) is 22.2 Å². The Kier molecular flexibility index (Phi) is 4.75. The van der Waals surface area contributed by atoms with Gasteiger partial charge in [0.15, 0.2) is 0 Å². The van der Waals surface area contributed by atoms with Gasteiger partial charge in [-0.1, -0.05) is 42.5 Å². The van der Waals surface area contributed by atoms with Crippen molar-refractivity contribution >= 4 is 16.5 Å². The molecule has 0 fully saturated rings. The van der Waals surface area contributed by atoms with Gasteiger partial charge in [0.2, 0.25) is 11.8 Å². The molecule has 6 heteroatoms. The van der Waals surface area contributed by atoms with Crippen molar-refractivity contribution in [3.63, 3.8) is 0 Å². The molecule has 1 heterocycles. The van der Waals surface area contributed by atoms with Crippen molar-refractivity contribution in [1.82, 2.24) is 10.2 Å². The third kappa shape index (κ3) is 3.31. The van der Waals surface area contributed by atoms with E-state index in [0.717, 1.165) is 22.0 Å². The lowest BCUT2D eigenvalue weighted by Gasteiger charge is -2.20. The quantitative estimate of drug-likeness (QED) is 0.544. The van der Waals surface area contributed by atoms with Crippen LogP contribution in [0.4, 0.5) is 5.69 Å². The summed E-state index contributed by atoms with van der Waals surface area (Å²) in [4.78, 5) is 0. The standard InChI is InChI=1S/C22H18N4O2/c1-14(27)20(22-26-25-21(28-22)15-7-3-2-4-8-15)24-19-12-11-16(13-23)17-9-5-6-10-18(17)19/h2-12,14,20,24,27H,1H3. The molecule has 28 heavy (non-hydrogen) atoms. The Bertz CT molecular complexity index is 1150. The van der Waals surface area contributed by atoms with Gasteiger partial charge in [-0.05, 0) is 31.2 Å². The summed E-state index contributed by atoms with van der Waals surface area (Å²) in [5.74, 6) is 0.690. The highest BCUT2D eigenvalue weighted by Crippen LogP contribution is 2.31. The molecule has 4 rings (SSSR count). The molecule has 3 aromatic carbocycles. The molecule has 4 aromatic rings. The van der Waals surface area contributed by atoms with E-state index in [4.69, 9.17) is 4.42 Å². The summed E-state index contributed by atoms with van der Waals surface area (Å²) in [6.07, 6.45) is -0.779. The van der Waals surface area contributed by atoms with E-state index < -0.39 is 12.1 Å². The topological polar surface area (TPSA) is 95.0 Å². The largest absolute Gasteiger partial charge is 0.418 e. The van der Waals surface area contributed by atoms with Crippen molar-refractivity contribution in [2.24, 2.45) is 0 Å². The fourth-order valence-corrected chi connectivity index (χ4v) is 3.14. The molecule has 2 atom stereocenters. The van der Waals surface area contributed by atoms with Crippen LogP contribution in [0.2, 0.25) is 0 Å². The molecule has 0 aliphatic rings. The Morgan fingerprint density at radius 3 is 2.39 bits per heavy atom. The summed E-state index contributed by atoms with van der Waals surface area (Å²) < 4.78 is 5.83. The van der Waals surface area contributed by atoms with Gasteiger partial charge in [-0.25, -0.2) is 0 Å². The van der Waals surface area contributed by atoms with Crippen LogP contribution in [0.15, 0.2) is 71.1 Å². The molecule has 0 saturated carbocycles. The second kappa shape index (κ2) is 7.51. The molecular weight excluding hydrogens is 352 g/mol. The number of fused-ring (bicyclic) bond motifs is 1. The second-order valence-corrected chi connectivity index (χ2v) is 6.49. The van der Waals surface area contributed by atoms with Gasteiger partial charge in [-0.3, -0.25) is 0 Å². The summed E-state index contributed by atoms with van der Waals surface area (Å²) in [5.41, 5.74) is 2.19. The van der Waals surface area contributed by atoms with Gasteiger partial charge in [-0.2, -0.15) is 5.26 Å². The van der Waals surface area contributed by atoms with E-state index in [1.807, 2.05) is 60.7 Å². The van der Waals surface area contributed by atoms with Gasteiger partial charge in [0.25, 0.3) is 0 Å². The fourth-order valence-electron chi connectivity index (χ4n) is 3.14. The summed E-state index contributed by atoms with van der Waals surface area (Å²) >= 11 is 0. The normalized spacial score (nSPS) is 13.0. The molecule has 2 N–H and O–H groups in total. The van der Waals surface area contributed by atoms with E-state index in [2.05, 4.69) is 21.6 Å².